The fourth-order valence-corrected chi connectivity index (χ4v) is 3.56. The Balaban J connectivity index is 1.64. The molecule has 0 aromatic heterocycles. The monoisotopic (exact) mass is 253 g/mol. The molecule has 2 saturated heterocycles. The molecule has 94 valence electrons. The van der Waals surface area contributed by atoms with Crippen LogP contribution in [-0.4, -0.2) is 41.0 Å². The van der Waals surface area contributed by atoms with Gasteiger partial charge >= 0.3 is 0 Å². The van der Waals surface area contributed by atoms with E-state index in [2.05, 4.69) is 10.2 Å². The Hall–Kier alpha value is -0.680. The molecule has 5 heteroatoms. The van der Waals surface area contributed by atoms with Crippen molar-refractivity contribution in [2.45, 2.75) is 44.2 Å². The molecule has 2 heterocycles. The average Bonchev–Trinajstić information content (AvgIpc) is 2.84. The predicted octanol–water partition coefficient (Wildman–Crippen LogP) is 0.406. The molecule has 0 spiro atoms. The van der Waals surface area contributed by atoms with Gasteiger partial charge in [0.25, 0.3) is 0 Å². The number of hydrogen-bond donors (Lipinski definition) is 2. The second-order valence-corrected chi connectivity index (χ2v) is 6.00. The molecule has 2 atom stereocenters. The third-order valence-electron chi connectivity index (χ3n) is 4.58. The van der Waals surface area contributed by atoms with E-state index in [1.807, 2.05) is 0 Å². The fraction of sp³-hybridized carbons (Fsp3) is 0.833. The lowest BCUT2D eigenvalue weighted by atomic mass is 10.0. The Kier molecular flexibility index (Phi) is 2.63. The van der Waals surface area contributed by atoms with Crippen LogP contribution in [-0.2, 0) is 4.79 Å². The van der Waals surface area contributed by atoms with Gasteiger partial charge in [-0.2, -0.15) is 0 Å². The molecular weight excluding hydrogens is 234 g/mol. The summed E-state index contributed by atoms with van der Waals surface area (Å²) < 4.78 is 0. The van der Waals surface area contributed by atoms with Crippen molar-refractivity contribution in [1.29, 1.82) is 0 Å². The van der Waals surface area contributed by atoms with Crippen LogP contribution in [0.3, 0.4) is 0 Å². The zero-order valence-electron chi connectivity index (χ0n) is 9.95. The van der Waals surface area contributed by atoms with Gasteiger partial charge in [0.15, 0.2) is 0 Å². The number of rotatable bonds is 3. The molecular formula is C12H19N3OS. The van der Waals surface area contributed by atoms with Crippen molar-refractivity contribution >= 4 is 23.1 Å². The fourth-order valence-electron chi connectivity index (χ4n) is 3.27. The maximum Gasteiger partial charge on any atom is 0.233 e. The summed E-state index contributed by atoms with van der Waals surface area (Å²) in [7, 11) is 0. The Morgan fingerprint density at radius 1 is 1.35 bits per heavy atom. The van der Waals surface area contributed by atoms with Crippen LogP contribution in [0.5, 0.6) is 0 Å². The van der Waals surface area contributed by atoms with E-state index < -0.39 is 5.41 Å². The van der Waals surface area contributed by atoms with Crippen molar-refractivity contribution < 1.29 is 4.79 Å². The summed E-state index contributed by atoms with van der Waals surface area (Å²) in [5, 5.41) is 3.19. The lowest BCUT2D eigenvalue weighted by Crippen LogP contribution is -2.48. The zero-order valence-corrected chi connectivity index (χ0v) is 10.8. The Labute approximate surface area is 107 Å². The number of nitrogens with two attached hydrogens (primary N) is 1. The second kappa shape index (κ2) is 3.92. The molecule has 2 unspecified atom stereocenters. The maximum atomic E-state index is 12.2. The molecule has 17 heavy (non-hydrogen) atoms. The highest BCUT2D eigenvalue weighted by Gasteiger charge is 2.53. The van der Waals surface area contributed by atoms with E-state index in [-0.39, 0.29) is 5.91 Å². The van der Waals surface area contributed by atoms with Gasteiger partial charge in [-0.3, -0.25) is 9.69 Å². The van der Waals surface area contributed by atoms with Crippen LogP contribution in [0.15, 0.2) is 0 Å². The first-order valence-electron chi connectivity index (χ1n) is 6.48. The van der Waals surface area contributed by atoms with E-state index >= 15 is 0 Å². The standard InChI is InChI=1S/C12H19N3OS/c13-10(17)12(4-5-12)11(16)14-8-3-7-15-6-1-2-9(8)15/h8-9H,1-7H2,(H2,13,17)(H,14,16). The first-order chi connectivity index (χ1) is 8.13. The van der Waals surface area contributed by atoms with Gasteiger partial charge in [0.05, 0.1) is 10.4 Å². The third kappa shape index (κ3) is 1.76. The van der Waals surface area contributed by atoms with Gasteiger partial charge in [0.2, 0.25) is 5.91 Å². The highest BCUT2D eigenvalue weighted by Crippen LogP contribution is 2.46. The largest absolute Gasteiger partial charge is 0.392 e. The molecule has 0 bridgehead atoms. The molecule has 0 radical (unpaired) electrons. The molecule has 3 fully saturated rings. The average molecular weight is 253 g/mol. The topological polar surface area (TPSA) is 58.4 Å². The van der Waals surface area contributed by atoms with Crippen molar-refractivity contribution in [3.8, 4) is 0 Å². The number of carbonyl (C=O) groups is 1. The molecule has 3 rings (SSSR count). The van der Waals surface area contributed by atoms with Crippen LogP contribution >= 0.6 is 12.2 Å². The summed E-state index contributed by atoms with van der Waals surface area (Å²) >= 11 is 5.01. The van der Waals surface area contributed by atoms with E-state index in [9.17, 15) is 4.79 Å². The number of hydrogen-bond acceptors (Lipinski definition) is 3. The number of amides is 1. The van der Waals surface area contributed by atoms with E-state index in [4.69, 9.17) is 18.0 Å². The van der Waals surface area contributed by atoms with E-state index in [1.54, 1.807) is 0 Å². The quantitative estimate of drug-likeness (QED) is 0.715. The number of nitrogens with zero attached hydrogens (tertiary/aromatic N) is 1. The van der Waals surface area contributed by atoms with Crippen LogP contribution in [0.4, 0.5) is 0 Å². The van der Waals surface area contributed by atoms with Crippen LogP contribution in [0.1, 0.15) is 32.1 Å². The number of carbonyl (C=O) groups excluding carboxylic acids is 1. The molecule has 1 amide bonds. The summed E-state index contributed by atoms with van der Waals surface area (Å²) in [6, 6.07) is 0.873. The van der Waals surface area contributed by atoms with Crippen LogP contribution in [0.2, 0.25) is 0 Å². The van der Waals surface area contributed by atoms with Gasteiger partial charge in [-0.1, -0.05) is 12.2 Å². The van der Waals surface area contributed by atoms with Gasteiger partial charge in [-0.25, -0.2) is 0 Å². The lowest BCUT2D eigenvalue weighted by molar-refractivity contribution is -0.124. The Bertz CT molecular complexity index is 367. The minimum absolute atomic E-state index is 0.0729. The van der Waals surface area contributed by atoms with E-state index in [0.29, 0.717) is 17.1 Å². The zero-order chi connectivity index (χ0) is 12.0. The Morgan fingerprint density at radius 2 is 2.12 bits per heavy atom. The smallest absolute Gasteiger partial charge is 0.233 e. The molecule has 0 aromatic rings. The molecule has 4 nitrogen and oxygen atoms in total. The van der Waals surface area contributed by atoms with Crippen molar-refractivity contribution in [3.05, 3.63) is 0 Å². The molecule has 0 aromatic carbocycles. The third-order valence-corrected chi connectivity index (χ3v) is 4.97. The van der Waals surface area contributed by atoms with E-state index in [0.717, 1.165) is 25.8 Å². The van der Waals surface area contributed by atoms with Crippen LogP contribution < -0.4 is 11.1 Å². The summed E-state index contributed by atoms with van der Waals surface area (Å²) in [5.41, 5.74) is 5.18. The molecule has 3 N–H and O–H groups in total. The van der Waals surface area contributed by atoms with Crippen LogP contribution in [0.25, 0.3) is 0 Å². The Morgan fingerprint density at radius 3 is 2.76 bits per heavy atom. The van der Waals surface area contributed by atoms with Crippen molar-refractivity contribution in [1.82, 2.24) is 10.2 Å². The highest BCUT2D eigenvalue weighted by atomic mass is 32.1. The van der Waals surface area contributed by atoms with Gasteiger partial charge in [-0.15, -0.1) is 0 Å². The van der Waals surface area contributed by atoms with Crippen molar-refractivity contribution in [3.63, 3.8) is 0 Å². The lowest BCUT2D eigenvalue weighted by Gasteiger charge is -2.23. The second-order valence-electron chi connectivity index (χ2n) is 5.56. The summed E-state index contributed by atoms with van der Waals surface area (Å²) in [6.07, 6.45) is 5.21. The van der Waals surface area contributed by atoms with Crippen molar-refractivity contribution in [2.75, 3.05) is 13.1 Å². The first kappa shape index (κ1) is 11.4. The van der Waals surface area contributed by atoms with Gasteiger partial charge in [0.1, 0.15) is 0 Å². The summed E-state index contributed by atoms with van der Waals surface area (Å²) in [6.45, 7) is 2.31. The molecule has 1 saturated carbocycles. The van der Waals surface area contributed by atoms with Gasteiger partial charge in [0, 0.05) is 18.6 Å². The van der Waals surface area contributed by atoms with Crippen LogP contribution in [0, 0.1) is 5.41 Å². The molecule has 2 aliphatic heterocycles. The normalized spacial score (nSPS) is 34.4. The van der Waals surface area contributed by atoms with Crippen molar-refractivity contribution in [2.24, 2.45) is 11.1 Å². The minimum Gasteiger partial charge on any atom is -0.392 e. The summed E-state index contributed by atoms with van der Waals surface area (Å²) in [4.78, 5) is 15.1. The predicted molar refractivity (Wildman–Crippen MR) is 69.6 cm³/mol. The highest BCUT2D eigenvalue weighted by molar-refractivity contribution is 7.80. The maximum absolute atomic E-state index is 12.2. The SMILES string of the molecule is NC(=S)C1(C(=O)NC2CCN3CCCC23)CC1. The molecule has 3 aliphatic rings. The van der Waals surface area contributed by atoms with Gasteiger partial charge < -0.3 is 11.1 Å². The first-order valence-corrected chi connectivity index (χ1v) is 6.89. The van der Waals surface area contributed by atoms with E-state index in [1.165, 1.54) is 19.4 Å². The number of fused-ring (bicyclic) bond motifs is 1. The number of nitrogens with one attached hydrogen (secondary N) is 1. The van der Waals surface area contributed by atoms with Gasteiger partial charge in [-0.05, 0) is 38.6 Å². The minimum atomic E-state index is -0.499. The number of thiocarbonyl (C=S) groups is 1. The summed E-state index contributed by atoms with van der Waals surface area (Å²) in [5.74, 6) is 0.0729. The molecule has 1 aliphatic carbocycles.